The summed E-state index contributed by atoms with van der Waals surface area (Å²) >= 11 is 17.0. The predicted octanol–water partition coefficient (Wildman–Crippen LogP) is 4.52. The van der Waals surface area contributed by atoms with Gasteiger partial charge in [-0.15, -0.1) is 0 Å². The predicted molar refractivity (Wildman–Crippen MR) is 140 cm³/mol. The fourth-order valence-electron chi connectivity index (χ4n) is 3.04. The summed E-state index contributed by atoms with van der Waals surface area (Å²) in [6.45, 7) is -0.519. The average Bonchev–Trinajstić information content (AvgIpc) is 2.92. The molecule has 31 heavy (non-hydrogen) atoms. The Morgan fingerprint density at radius 3 is 1.68 bits per heavy atom. The minimum atomic E-state index is -0.813. The van der Waals surface area contributed by atoms with E-state index in [0.717, 1.165) is 4.90 Å². The number of nitrogens with zero attached hydrogens (tertiary/aromatic N) is 2. The van der Waals surface area contributed by atoms with Gasteiger partial charge in [-0.1, -0.05) is 12.1 Å². The first kappa shape index (κ1) is 24.8. The fourth-order valence-corrected chi connectivity index (χ4v) is 8.92. The Balaban J connectivity index is 2.02. The average molecular weight is 797 g/mol. The van der Waals surface area contributed by atoms with Gasteiger partial charge in [0.05, 0.1) is 35.1 Å². The Bertz CT molecular complexity index is 1130. The van der Waals surface area contributed by atoms with E-state index < -0.39 is 34.8 Å². The zero-order chi connectivity index (χ0) is 23.2. The van der Waals surface area contributed by atoms with E-state index in [-0.39, 0.29) is 31.5 Å². The molecular weight excluding hydrogens is 788 g/mol. The molecule has 0 saturated carbocycles. The third-order valence-electron chi connectivity index (χ3n) is 4.57. The van der Waals surface area contributed by atoms with Crippen molar-refractivity contribution in [2.24, 2.45) is 0 Å². The fraction of sp³-hybridized carbons (Fsp3) is 0.105. The van der Waals surface area contributed by atoms with Crippen LogP contribution in [-0.4, -0.2) is 46.7 Å². The lowest BCUT2D eigenvalue weighted by atomic mass is 10.1. The molecule has 0 fully saturated rings. The number of rotatable bonds is 5. The second-order valence-electron chi connectivity index (χ2n) is 6.28. The van der Waals surface area contributed by atoms with Crippen molar-refractivity contribution >= 4 is 125 Å². The van der Waals surface area contributed by atoms with E-state index in [9.17, 15) is 24.0 Å². The molecule has 2 aromatic rings. The Kier molecular flexibility index (Phi) is 7.65. The standard InChI is InChI=1S/C19H9Cl2I3N2O5/c1-25(9(27)6-26-18(30)7-4-2-3-5-8(7)19(26)31)15-13(23)10(16(20)28)12(22)11(14(15)24)17(21)29/h2-5H,6H2,1H3. The molecule has 0 atom stereocenters. The van der Waals surface area contributed by atoms with E-state index >= 15 is 0 Å². The highest BCUT2D eigenvalue weighted by molar-refractivity contribution is 14.1. The molecule has 0 unspecified atom stereocenters. The highest BCUT2D eigenvalue weighted by Crippen LogP contribution is 2.39. The van der Waals surface area contributed by atoms with E-state index in [4.69, 9.17) is 23.2 Å². The molecule has 3 rings (SSSR count). The number of benzene rings is 2. The summed E-state index contributed by atoms with van der Waals surface area (Å²) < 4.78 is 0.953. The SMILES string of the molecule is CN(C(=O)CN1C(=O)c2ccccc2C1=O)c1c(I)c(C(=O)Cl)c(I)c(C(=O)Cl)c1I. The monoisotopic (exact) mass is 796 g/mol. The number of imide groups is 1. The summed E-state index contributed by atoms with van der Waals surface area (Å²) in [5.74, 6) is -1.74. The Morgan fingerprint density at radius 1 is 0.871 bits per heavy atom. The van der Waals surface area contributed by atoms with Gasteiger partial charge in [0, 0.05) is 10.6 Å². The molecule has 0 spiro atoms. The maximum atomic E-state index is 13.0. The number of carbonyl (C=O) groups is 5. The van der Waals surface area contributed by atoms with Gasteiger partial charge in [-0.3, -0.25) is 28.9 Å². The van der Waals surface area contributed by atoms with Gasteiger partial charge in [0.1, 0.15) is 6.54 Å². The van der Waals surface area contributed by atoms with E-state index in [1.54, 1.807) is 34.7 Å². The van der Waals surface area contributed by atoms with E-state index in [1.165, 1.54) is 24.1 Å². The van der Waals surface area contributed by atoms with Crippen LogP contribution in [0.25, 0.3) is 0 Å². The number of halogens is 5. The van der Waals surface area contributed by atoms with E-state index in [1.807, 2.05) is 45.2 Å². The van der Waals surface area contributed by atoms with Gasteiger partial charge >= 0.3 is 0 Å². The van der Waals surface area contributed by atoms with Gasteiger partial charge in [0.15, 0.2) is 0 Å². The van der Waals surface area contributed by atoms with Crippen LogP contribution in [0.2, 0.25) is 0 Å². The molecule has 1 aliphatic heterocycles. The summed E-state index contributed by atoms with van der Waals surface area (Å²) in [6, 6.07) is 6.30. The molecule has 160 valence electrons. The first-order valence-electron chi connectivity index (χ1n) is 8.30. The molecular formula is C19H9Cl2I3N2O5. The second-order valence-corrected chi connectivity index (χ2v) is 10.2. The van der Waals surface area contributed by atoms with Gasteiger partial charge in [0.25, 0.3) is 22.3 Å². The maximum Gasteiger partial charge on any atom is 0.262 e. The molecule has 0 aliphatic carbocycles. The number of amides is 3. The minimum absolute atomic E-state index is 0.0441. The Morgan fingerprint density at radius 2 is 1.29 bits per heavy atom. The van der Waals surface area contributed by atoms with Crippen molar-refractivity contribution in [1.82, 2.24) is 4.90 Å². The highest BCUT2D eigenvalue weighted by atomic mass is 127. The third-order valence-corrected chi connectivity index (χ3v) is 8.13. The maximum absolute atomic E-state index is 13.0. The Labute approximate surface area is 227 Å². The second kappa shape index (κ2) is 9.57. The number of likely N-dealkylation sites (N-methyl/N-ethyl adjacent to an activating group) is 1. The molecule has 3 amide bonds. The van der Waals surface area contributed by atoms with Crippen LogP contribution < -0.4 is 4.90 Å². The minimum Gasteiger partial charge on any atom is -0.312 e. The van der Waals surface area contributed by atoms with Crippen molar-refractivity contribution in [2.75, 3.05) is 18.5 Å². The highest BCUT2D eigenvalue weighted by Gasteiger charge is 2.38. The molecule has 1 heterocycles. The van der Waals surface area contributed by atoms with Gasteiger partial charge in [0.2, 0.25) is 5.91 Å². The van der Waals surface area contributed by atoms with Gasteiger partial charge in [-0.25, -0.2) is 0 Å². The van der Waals surface area contributed by atoms with Crippen LogP contribution in [0.5, 0.6) is 0 Å². The van der Waals surface area contributed by atoms with Gasteiger partial charge in [-0.2, -0.15) is 0 Å². The summed E-state index contributed by atoms with van der Waals surface area (Å²) in [5, 5.41) is -1.63. The van der Waals surface area contributed by atoms with Crippen LogP contribution in [0, 0.1) is 10.7 Å². The number of hydrogen-bond acceptors (Lipinski definition) is 5. The third kappa shape index (κ3) is 4.37. The largest absolute Gasteiger partial charge is 0.312 e. The number of carbonyl (C=O) groups excluding carboxylic acids is 5. The summed E-state index contributed by atoms with van der Waals surface area (Å²) in [6.07, 6.45) is 0. The molecule has 2 aromatic carbocycles. The summed E-state index contributed by atoms with van der Waals surface area (Å²) in [5.41, 5.74) is 0.777. The first-order valence-corrected chi connectivity index (χ1v) is 12.3. The summed E-state index contributed by atoms with van der Waals surface area (Å²) in [7, 11) is 1.41. The van der Waals surface area contributed by atoms with Crippen LogP contribution in [0.4, 0.5) is 5.69 Å². The van der Waals surface area contributed by atoms with E-state index in [2.05, 4.69) is 0 Å². The quantitative estimate of drug-likeness (QED) is 0.253. The molecule has 0 aromatic heterocycles. The lowest BCUT2D eigenvalue weighted by Crippen LogP contribution is -2.42. The van der Waals surface area contributed by atoms with Crippen molar-refractivity contribution < 1.29 is 24.0 Å². The molecule has 0 radical (unpaired) electrons. The van der Waals surface area contributed by atoms with Crippen LogP contribution in [0.3, 0.4) is 0 Å². The van der Waals surface area contributed by atoms with E-state index in [0.29, 0.717) is 7.14 Å². The number of hydrogen-bond donors (Lipinski definition) is 0. The lowest BCUT2D eigenvalue weighted by molar-refractivity contribution is -0.118. The topological polar surface area (TPSA) is 91.8 Å². The van der Waals surface area contributed by atoms with Crippen molar-refractivity contribution in [3.63, 3.8) is 0 Å². The van der Waals surface area contributed by atoms with Crippen molar-refractivity contribution in [1.29, 1.82) is 0 Å². The zero-order valence-electron chi connectivity index (χ0n) is 15.3. The van der Waals surface area contributed by atoms with Crippen molar-refractivity contribution in [3.8, 4) is 0 Å². The van der Waals surface area contributed by atoms with Crippen LogP contribution in [-0.2, 0) is 4.79 Å². The summed E-state index contributed by atoms with van der Waals surface area (Å²) in [4.78, 5) is 64.2. The number of fused-ring (bicyclic) bond motifs is 1. The molecule has 12 heteroatoms. The zero-order valence-corrected chi connectivity index (χ0v) is 23.3. The molecule has 0 bridgehead atoms. The number of anilines is 1. The van der Waals surface area contributed by atoms with Crippen molar-refractivity contribution in [2.45, 2.75) is 0 Å². The molecule has 7 nitrogen and oxygen atoms in total. The van der Waals surface area contributed by atoms with Gasteiger partial charge < -0.3 is 4.90 Å². The molecule has 0 saturated heterocycles. The van der Waals surface area contributed by atoms with Gasteiger partial charge in [-0.05, 0) is 103 Å². The van der Waals surface area contributed by atoms with Crippen LogP contribution in [0.1, 0.15) is 41.4 Å². The first-order chi connectivity index (χ1) is 14.5. The molecule has 1 aliphatic rings. The van der Waals surface area contributed by atoms with Crippen LogP contribution >= 0.6 is 91.0 Å². The smallest absolute Gasteiger partial charge is 0.262 e. The molecule has 0 N–H and O–H groups in total. The lowest BCUT2D eigenvalue weighted by Gasteiger charge is -2.25. The van der Waals surface area contributed by atoms with Crippen molar-refractivity contribution in [3.05, 3.63) is 57.2 Å². The Hall–Kier alpha value is -0.840. The normalized spacial score (nSPS) is 12.8. The van der Waals surface area contributed by atoms with Crippen LogP contribution in [0.15, 0.2) is 24.3 Å².